The van der Waals surface area contributed by atoms with Crippen molar-refractivity contribution in [3.8, 4) is 5.75 Å². The third-order valence-electron chi connectivity index (χ3n) is 3.68. The van der Waals surface area contributed by atoms with Gasteiger partial charge in [-0.1, -0.05) is 12.2 Å². The highest BCUT2D eigenvalue weighted by Crippen LogP contribution is 2.16. The Labute approximate surface area is 130 Å². The minimum absolute atomic E-state index is 0.221. The molecule has 2 atom stereocenters. The third kappa shape index (κ3) is 4.93. The maximum atomic E-state index is 10.0. The van der Waals surface area contributed by atoms with Crippen LogP contribution in [-0.2, 0) is 0 Å². The first-order valence-corrected chi connectivity index (χ1v) is 7.53. The first-order chi connectivity index (χ1) is 10.1. The second kappa shape index (κ2) is 7.70. The number of ether oxygens (including phenoxy) is 1. The minimum Gasteiger partial charge on any atom is -0.491 e. The van der Waals surface area contributed by atoms with Crippen molar-refractivity contribution in [2.75, 3.05) is 32.8 Å². The molecule has 0 aliphatic carbocycles. The lowest BCUT2D eigenvalue weighted by atomic mass is 10.1. The van der Waals surface area contributed by atoms with E-state index in [0.29, 0.717) is 23.2 Å². The number of aliphatic hydroxyl groups is 2. The average Bonchev–Trinajstić information content (AvgIpc) is 2.93. The summed E-state index contributed by atoms with van der Waals surface area (Å²) in [7, 11) is 0. The Hall–Kier alpha value is -1.21. The molecule has 1 aromatic rings. The molecule has 21 heavy (non-hydrogen) atoms. The molecule has 5 nitrogen and oxygen atoms in total. The lowest BCUT2D eigenvalue weighted by Crippen LogP contribution is -2.34. The third-order valence-corrected chi connectivity index (χ3v) is 3.91. The lowest BCUT2D eigenvalue weighted by Gasteiger charge is -2.20. The van der Waals surface area contributed by atoms with Gasteiger partial charge in [-0.15, -0.1) is 0 Å². The maximum Gasteiger partial charge on any atom is 0.119 e. The molecule has 0 saturated carbocycles. The molecule has 2 rings (SSSR count). The van der Waals surface area contributed by atoms with Crippen molar-refractivity contribution >= 4 is 17.2 Å². The molecule has 0 radical (unpaired) electrons. The standard InChI is InChI=1S/C15H22N2O3S/c16-15(21)12-1-3-14(4-2-12)20-10-13(19)8-17-6-5-11(7-17)9-18/h1-4,11,13,18-19H,5-10H2,(H2,16,21). The van der Waals surface area contributed by atoms with Crippen LogP contribution in [0.1, 0.15) is 12.0 Å². The van der Waals surface area contributed by atoms with Gasteiger partial charge in [0.25, 0.3) is 0 Å². The quantitative estimate of drug-likeness (QED) is 0.632. The van der Waals surface area contributed by atoms with E-state index in [1.165, 1.54) is 0 Å². The zero-order valence-corrected chi connectivity index (χ0v) is 12.8. The Balaban J connectivity index is 1.73. The van der Waals surface area contributed by atoms with Gasteiger partial charge in [0.05, 0.1) is 0 Å². The van der Waals surface area contributed by atoms with Gasteiger partial charge in [-0.05, 0) is 43.1 Å². The molecule has 0 amide bonds. The molecular formula is C15H22N2O3S. The minimum atomic E-state index is -0.544. The molecule has 116 valence electrons. The summed E-state index contributed by atoms with van der Waals surface area (Å²) in [6, 6.07) is 7.18. The lowest BCUT2D eigenvalue weighted by molar-refractivity contribution is 0.0735. The predicted octanol–water partition coefficient (Wildman–Crippen LogP) is 0.375. The Morgan fingerprint density at radius 1 is 1.43 bits per heavy atom. The molecule has 0 spiro atoms. The number of rotatable bonds is 7. The molecule has 4 N–H and O–H groups in total. The SMILES string of the molecule is NC(=S)c1ccc(OCC(O)CN2CCC(CO)C2)cc1. The number of nitrogens with two attached hydrogens (primary N) is 1. The van der Waals surface area contributed by atoms with Crippen molar-refractivity contribution in [1.82, 2.24) is 4.90 Å². The second-order valence-electron chi connectivity index (χ2n) is 5.45. The fraction of sp³-hybridized carbons (Fsp3) is 0.533. The molecule has 6 heteroatoms. The van der Waals surface area contributed by atoms with Gasteiger partial charge in [-0.25, -0.2) is 0 Å². The van der Waals surface area contributed by atoms with Crippen LogP contribution >= 0.6 is 12.2 Å². The summed E-state index contributed by atoms with van der Waals surface area (Å²) in [5, 5.41) is 19.1. The molecule has 1 heterocycles. The van der Waals surface area contributed by atoms with E-state index in [-0.39, 0.29) is 13.2 Å². The van der Waals surface area contributed by atoms with Gasteiger partial charge in [-0.3, -0.25) is 0 Å². The smallest absolute Gasteiger partial charge is 0.119 e. The van der Waals surface area contributed by atoms with Gasteiger partial charge in [-0.2, -0.15) is 0 Å². The van der Waals surface area contributed by atoms with Gasteiger partial charge >= 0.3 is 0 Å². The highest BCUT2D eigenvalue weighted by molar-refractivity contribution is 7.80. The number of likely N-dealkylation sites (tertiary alicyclic amines) is 1. The predicted molar refractivity (Wildman–Crippen MR) is 85.5 cm³/mol. The Morgan fingerprint density at radius 2 is 2.14 bits per heavy atom. The molecule has 1 fully saturated rings. The largest absolute Gasteiger partial charge is 0.491 e. The summed E-state index contributed by atoms with van der Waals surface area (Å²) in [5.74, 6) is 1.02. The molecule has 1 aliphatic heterocycles. The van der Waals surface area contributed by atoms with Crippen molar-refractivity contribution in [2.45, 2.75) is 12.5 Å². The highest BCUT2D eigenvalue weighted by atomic mass is 32.1. The fourth-order valence-corrected chi connectivity index (χ4v) is 2.62. The van der Waals surface area contributed by atoms with Crippen LogP contribution in [0.5, 0.6) is 5.75 Å². The zero-order valence-electron chi connectivity index (χ0n) is 11.9. The van der Waals surface area contributed by atoms with Gasteiger partial charge in [0.15, 0.2) is 0 Å². The van der Waals surface area contributed by atoms with Crippen LogP contribution in [-0.4, -0.2) is 59.1 Å². The Bertz CT molecular complexity index is 466. The van der Waals surface area contributed by atoms with Gasteiger partial charge in [0.2, 0.25) is 0 Å². The van der Waals surface area contributed by atoms with Crippen LogP contribution in [0.15, 0.2) is 24.3 Å². The van der Waals surface area contributed by atoms with Crippen LogP contribution in [0, 0.1) is 5.92 Å². The molecule has 1 aliphatic rings. The normalized spacial score (nSPS) is 20.4. The van der Waals surface area contributed by atoms with Crippen LogP contribution in [0.3, 0.4) is 0 Å². The van der Waals surface area contributed by atoms with Gasteiger partial charge in [0, 0.05) is 25.3 Å². The van der Waals surface area contributed by atoms with E-state index in [2.05, 4.69) is 4.90 Å². The summed E-state index contributed by atoms with van der Waals surface area (Å²) in [6.07, 6.45) is 0.447. The average molecular weight is 310 g/mol. The molecular weight excluding hydrogens is 288 g/mol. The summed E-state index contributed by atoms with van der Waals surface area (Å²) in [4.78, 5) is 2.51. The van der Waals surface area contributed by atoms with E-state index < -0.39 is 6.10 Å². The number of benzene rings is 1. The molecule has 0 aromatic heterocycles. The first kappa shape index (κ1) is 16.2. The monoisotopic (exact) mass is 310 g/mol. The molecule has 1 saturated heterocycles. The van der Waals surface area contributed by atoms with E-state index in [9.17, 15) is 5.11 Å². The van der Waals surface area contributed by atoms with Crippen LogP contribution in [0.2, 0.25) is 0 Å². The summed E-state index contributed by atoms with van der Waals surface area (Å²) in [5.41, 5.74) is 6.32. The molecule has 2 unspecified atom stereocenters. The number of hydrogen-bond donors (Lipinski definition) is 3. The van der Waals surface area contributed by atoms with Crippen molar-refractivity contribution in [1.29, 1.82) is 0 Å². The van der Waals surface area contributed by atoms with Crippen LogP contribution < -0.4 is 10.5 Å². The van der Waals surface area contributed by atoms with Gasteiger partial charge in [0.1, 0.15) is 23.4 Å². The molecule has 1 aromatic carbocycles. The van der Waals surface area contributed by atoms with E-state index >= 15 is 0 Å². The number of thiocarbonyl (C=S) groups is 1. The first-order valence-electron chi connectivity index (χ1n) is 7.12. The van der Waals surface area contributed by atoms with Gasteiger partial charge < -0.3 is 25.6 Å². The topological polar surface area (TPSA) is 79.0 Å². The van der Waals surface area contributed by atoms with E-state index in [4.69, 9.17) is 27.8 Å². The highest BCUT2D eigenvalue weighted by Gasteiger charge is 2.23. The van der Waals surface area contributed by atoms with Crippen LogP contribution in [0.25, 0.3) is 0 Å². The van der Waals surface area contributed by atoms with E-state index in [1.807, 2.05) is 0 Å². The summed E-state index contributed by atoms with van der Waals surface area (Å²) >= 11 is 4.88. The Kier molecular flexibility index (Phi) is 5.93. The fourth-order valence-electron chi connectivity index (χ4n) is 2.49. The Morgan fingerprint density at radius 3 is 2.71 bits per heavy atom. The maximum absolute atomic E-state index is 10.0. The second-order valence-corrected chi connectivity index (χ2v) is 5.89. The van der Waals surface area contributed by atoms with Crippen molar-refractivity contribution in [3.05, 3.63) is 29.8 Å². The van der Waals surface area contributed by atoms with E-state index in [0.717, 1.165) is 25.1 Å². The number of aliphatic hydroxyl groups excluding tert-OH is 2. The van der Waals surface area contributed by atoms with Crippen molar-refractivity contribution < 1.29 is 14.9 Å². The number of β-amino-alcohol motifs (C(OH)–C–C–N with tert-alkyl or cyclic N) is 1. The van der Waals surface area contributed by atoms with Crippen molar-refractivity contribution in [2.24, 2.45) is 11.7 Å². The van der Waals surface area contributed by atoms with Crippen LogP contribution in [0.4, 0.5) is 0 Å². The van der Waals surface area contributed by atoms with E-state index in [1.54, 1.807) is 24.3 Å². The summed E-state index contributed by atoms with van der Waals surface area (Å²) < 4.78 is 5.56. The number of nitrogens with zero attached hydrogens (tertiary/aromatic N) is 1. The number of hydrogen-bond acceptors (Lipinski definition) is 5. The molecule has 0 bridgehead atoms. The van der Waals surface area contributed by atoms with Crippen molar-refractivity contribution in [3.63, 3.8) is 0 Å². The zero-order chi connectivity index (χ0) is 15.2. The summed E-state index contributed by atoms with van der Waals surface area (Å²) in [6.45, 7) is 2.80.